The van der Waals surface area contributed by atoms with Gasteiger partial charge < -0.3 is 19.9 Å². The highest BCUT2D eigenvalue weighted by Crippen LogP contribution is 2.31. The average Bonchev–Trinajstić information content (AvgIpc) is 2.91. The van der Waals surface area contributed by atoms with Crippen molar-refractivity contribution in [1.29, 1.82) is 0 Å². The molecule has 0 radical (unpaired) electrons. The van der Waals surface area contributed by atoms with E-state index in [1.165, 1.54) is 0 Å². The molecular formula is C29H25NO5. The fraction of sp³-hybridized carbons (Fsp3) is 0.103. The molecule has 0 heterocycles. The standard InChI is InChI=1S/C29H25NO5/c1-34-27-15-12-21(18-31)16-26(27)22-13-10-20(11-14-22)19-35-25-9-5-8-24(17-25)28(30-29(32)33)23-6-3-2-4-7-23/h2-18,28,30H,19H2,1H3,(H,32,33)/t28-/m0/s1. The predicted molar refractivity (Wildman–Crippen MR) is 134 cm³/mol. The molecule has 0 spiro atoms. The molecule has 4 aromatic carbocycles. The van der Waals surface area contributed by atoms with Gasteiger partial charge in [-0.1, -0.05) is 66.7 Å². The van der Waals surface area contributed by atoms with Gasteiger partial charge in [-0.25, -0.2) is 4.79 Å². The zero-order valence-electron chi connectivity index (χ0n) is 19.2. The van der Waals surface area contributed by atoms with Crippen LogP contribution in [0.1, 0.15) is 33.1 Å². The number of hydrogen-bond donors (Lipinski definition) is 2. The third-order valence-electron chi connectivity index (χ3n) is 5.62. The second kappa shape index (κ2) is 11.0. The van der Waals surface area contributed by atoms with E-state index in [0.29, 0.717) is 23.7 Å². The molecule has 176 valence electrons. The van der Waals surface area contributed by atoms with Crippen LogP contribution in [0.4, 0.5) is 4.79 Å². The van der Waals surface area contributed by atoms with Crippen molar-refractivity contribution in [1.82, 2.24) is 5.32 Å². The summed E-state index contributed by atoms with van der Waals surface area (Å²) in [5, 5.41) is 11.9. The lowest BCUT2D eigenvalue weighted by molar-refractivity contribution is 0.112. The Morgan fingerprint density at radius 2 is 1.66 bits per heavy atom. The Morgan fingerprint density at radius 1 is 0.914 bits per heavy atom. The Bertz CT molecular complexity index is 1300. The molecule has 2 N–H and O–H groups in total. The summed E-state index contributed by atoms with van der Waals surface area (Å²) in [5.74, 6) is 1.33. The predicted octanol–water partition coefficient (Wildman–Crippen LogP) is 6.11. The minimum absolute atomic E-state index is 0.345. The normalized spacial score (nSPS) is 11.3. The van der Waals surface area contributed by atoms with Crippen LogP contribution >= 0.6 is 0 Å². The van der Waals surface area contributed by atoms with Gasteiger partial charge in [0, 0.05) is 11.1 Å². The summed E-state index contributed by atoms with van der Waals surface area (Å²) in [6.45, 7) is 0.345. The monoisotopic (exact) mass is 467 g/mol. The van der Waals surface area contributed by atoms with Crippen LogP contribution < -0.4 is 14.8 Å². The van der Waals surface area contributed by atoms with Gasteiger partial charge in [0.15, 0.2) is 0 Å². The first kappa shape index (κ1) is 23.6. The molecule has 4 aromatic rings. The van der Waals surface area contributed by atoms with E-state index in [9.17, 15) is 14.7 Å². The average molecular weight is 468 g/mol. The molecule has 0 bridgehead atoms. The number of aldehydes is 1. The van der Waals surface area contributed by atoms with Crippen LogP contribution in [0.25, 0.3) is 11.1 Å². The Balaban J connectivity index is 1.49. The minimum Gasteiger partial charge on any atom is -0.496 e. The smallest absolute Gasteiger partial charge is 0.405 e. The highest BCUT2D eigenvalue weighted by atomic mass is 16.5. The number of carbonyl (C=O) groups excluding carboxylic acids is 1. The highest BCUT2D eigenvalue weighted by molar-refractivity contribution is 5.81. The Hall–Kier alpha value is -4.58. The van der Waals surface area contributed by atoms with Crippen molar-refractivity contribution in [2.24, 2.45) is 0 Å². The Kier molecular flexibility index (Phi) is 7.43. The lowest BCUT2D eigenvalue weighted by atomic mass is 9.98. The molecule has 0 saturated heterocycles. The number of amides is 1. The van der Waals surface area contributed by atoms with Crippen LogP contribution in [-0.4, -0.2) is 24.6 Å². The fourth-order valence-corrected chi connectivity index (χ4v) is 3.88. The molecule has 4 rings (SSSR count). The summed E-state index contributed by atoms with van der Waals surface area (Å²) in [4.78, 5) is 22.6. The van der Waals surface area contributed by atoms with Gasteiger partial charge in [-0.2, -0.15) is 0 Å². The molecule has 0 fully saturated rings. The van der Waals surface area contributed by atoms with Crippen molar-refractivity contribution in [2.45, 2.75) is 12.6 Å². The van der Waals surface area contributed by atoms with Crippen molar-refractivity contribution < 1.29 is 24.2 Å². The molecule has 0 aliphatic carbocycles. The summed E-state index contributed by atoms with van der Waals surface area (Å²) >= 11 is 0. The molecule has 35 heavy (non-hydrogen) atoms. The van der Waals surface area contributed by atoms with Gasteiger partial charge >= 0.3 is 6.09 Å². The molecule has 0 aliphatic rings. The van der Waals surface area contributed by atoms with E-state index in [-0.39, 0.29) is 0 Å². The summed E-state index contributed by atoms with van der Waals surface area (Å²) in [5.41, 5.74) is 4.95. The number of rotatable bonds is 9. The van der Waals surface area contributed by atoms with Crippen molar-refractivity contribution >= 4 is 12.4 Å². The van der Waals surface area contributed by atoms with Crippen LogP contribution in [0, 0.1) is 0 Å². The van der Waals surface area contributed by atoms with Crippen molar-refractivity contribution in [3.05, 3.63) is 119 Å². The maximum atomic E-state index is 11.4. The summed E-state index contributed by atoms with van der Waals surface area (Å²) in [7, 11) is 1.60. The molecular weight excluding hydrogens is 442 g/mol. The number of hydrogen-bond acceptors (Lipinski definition) is 4. The molecule has 1 amide bonds. The Labute approximate surface area is 203 Å². The molecule has 1 atom stereocenters. The SMILES string of the molecule is COc1ccc(C=O)cc1-c1ccc(COc2cccc([C@@H](NC(=O)O)c3ccccc3)c2)cc1. The number of nitrogens with one attached hydrogen (secondary N) is 1. The van der Waals surface area contributed by atoms with E-state index >= 15 is 0 Å². The Morgan fingerprint density at radius 3 is 2.34 bits per heavy atom. The highest BCUT2D eigenvalue weighted by Gasteiger charge is 2.17. The third-order valence-corrected chi connectivity index (χ3v) is 5.62. The van der Waals surface area contributed by atoms with Gasteiger partial charge in [-0.05, 0) is 52.6 Å². The fourth-order valence-electron chi connectivity index (χ4n) is 3.88. The summed E-state index contributed by atoms with van der Waals surface area (Å²) < 4.78 is 11.4. The van der Waals surface area contributed by atoms with Crippen LogP contribution in [0.2, 0.25) is 0 Å². The quantitative estimate of drug-likeness (QED) is 0.290. The second-order valence-electron chi connectivity index (χ2n) is 7.93. The van der Waals surface area contributed by atoms with Gasteiger partial charge in [-0.3, -0.25) is 4.79 Å². The number of ether oxygens (including phenoxy) is 2. The number of carbonyl (C=O) groups is 2. The first-order chi connectivity index (χ1) is 17.1. The third kappa shape index (κ3) is 5.86. The van der Waals surface area contributed by atoms with Crippen LogP contribution in [0.5, 0.6) is 11.5 Å². The van der Waals surface area contributed by atoms with Gasteiger partial charge in [0.05, 0.1) is 13.2 Å². The lowest BCUT2D eigenvalue weighted by Gasteiger charge is -2.19. The van der Waals surface area contributed by atoms with Gasteiger partial charge in [0.25, 0.3) is 0 Å². The van der Waals surface area contributed by atoms with Crippen molar-refractivity contribution in [3.63, 3.8) is 0 Å². The minimum atomic E-state index is -1.10. The number of carboxylic acid groups (broad SMARTS) is 1. The van der Waals surface area contributed by atoms with E-state index in [0.717, 1.165) is 34.1 Å². The van der Waals surface area contributed by atoms with E-state index in [4.69, 9.17) is 9.47 Å². The zero-order chi connectivity index (χ0) is 24.6. The summed E-state index contributed by atoms with van der Waals surface area (Å²) in [6, 6.07) is 29.5. The van der Waals surface area contributed by atoms with Crippen molar-refractivity contribution in [3.8, 4) is 22.6 Å². The molecule has 0 aromatic heterocycles. The van der Waals surface area contributed by atoms with Crippen LogP contribution in [0.15, 0.2) is 97.1 Å². The van der Waals surface area contributed by atoms with Crippen LogP contribution in [0.3, 0.4) is 0 Å². The molecule has 0 aliphatic heterocycles. The number of methoxy groups -OCH3 is 1. The van der Waals surface area contributed by atoms with E-state index in [2.05, 4.69) is 5.32 Å². The van der Waals surface area contributed by atoms with Gasteiger partial charge in [0.1, 0.15) is 24.4 Å². The maximum absolute atomic E-state index is 11.4. The van der Waals surface area contributed by atoms with E-state index in [1.807, 2.05) is 78.9 Å². The van der Waals surface area contributed by atoms with E-state index in [1.54, 1.807) is 25.3 Å². The molecule has 6 nitrogen and oxygen atoms in total. The molecule has 0 saturated carbocycles. The first-order valence-corrected chi connectivity index (χ1v) is 11.1. The molecule has 6 heteroatoms. The largest absolute Gasteiger partial charge is 0.496 e. The second-order valence-corrected chi connectivity index (χ2v) is 7.93. The first-order valence-electron chi connectivity index (χ1n) is 11.1. The van der Waals surface area contributed by atoms with Crippen LogP contribution in [-0.2, 0) is 6.61 Å². The van der Waals surface area contributed by atoms with Gasteiger partial charge in [0.2, 0.25) is 0 Å². The topological polar surface area (TPSA) is 84.9 Å². The maximum Gasteiger partial charge on any atom is 0.405 e. The lowest BCUT2D eigenvalue weighted by Crippen LogP contribution is -2.27. The molecule has 0 unspecified atom stereocenters. The van der Waals surface area contributed by atoms with E-state index < -0.39 is 12.1 Å². The van der Waals surface area contributed by atoms with Crippen molar-refractivity contribution in [2.75, 3.05) is 7.11 Å². The summed E-state index contributed by atoms with van der Waals surface area (Å²) in [6.07, 6.45) is -0.284. The number of benzene rings is 4. The zero-order valence-corrected chi connectivity index (χ0v) is 19.2. The van der Waals surface area contributed by atoms with Gasteiger partial charge in [-0.15, -0.1) is 0 Å².